The summed E-state index contributed by atoms with van der Waals surface area (Å²) in [5, 5.41) is 1.21. The minimum Gasteiger partial charge on any atom is -0.540 e. The van der Waals surface area contributed by atoms with Gasteiger partial charge in [-0.05, 0) is 43.8 Å². The van der Waals surface area contributed by atoms with Crippen molar-refractivity contribution >= 4 is 20.1 Å². The lowest BCUT2D eigenvalue weighted by Gasteiger charge is -2.23. The van der Waals surface area contributed by atoms with Crippen LogP contribution in [0.2, 0.25) is 19.6 Å². The predicted molar refractivity (Wildman–Crippen MR) is 70.2 cm³/mol. The summed E-state index contributed by atoms with van der Waals surface area (Å²) in [5.74, 6) is 1.10. The SMILES string of the molecule is CCSC(O[Si](C)(C)C)=C(CC)CC. The molecule has 1 nitrogen and oxygen atoms in total. The van der Waals surface area contributed by atoms with E-state index in [1.54, 1.807) is 0 Å². The van der Waals surface area contributed by atoms with Crippen molar-refractivity contribution in [2.45, 2.75) is 53.3 Å². The highest BCUT2D eigenvalue weighted by Crippen LogP contribution is 2.28. The smallest absolute Gasteiger partial charge is 0.242 e. The summed E-state index contributed by atoms with van der Waals surface area (Å²) >= 11 is 1.85. The van der Waals surface area contributed by atoms with Gasteiger partial charge in [-0.3, -0.25) is 0 Å². The Bertz CT molecular complexity index is 188. The van der Waals surface area contributed by atoms with E-state index in [-0.39, 0.29) is 0 Å². The second kappa shape index (κ2) is 6.56. The van der Waals surface area contributed by atoms with Crippen LogP contribution in [0.1, 0.15) is 33.6 Å². The van der Waals surface area contributed by atoms with Gasteiger partial charge in [0.25, 0.3) is 0 Å². The van der Waals surface area contributed by atoms with Crippen LogP contribution < -0.4 is 0 Å². The molecule has 14 heavy (non-hydrogen) atoms. The van der Waals surface area contributed by atoms with E-state index in [4.69, 9.17) is 4.43 Å². The molecule has 0 N–H and O–H groups in total. The van der Waals surface area contributed by atoms with Crippen LogP contribution in [0.5, 0.6) is 0 Å². The predicted octanol–water partition coefficient (Wildman–Crippen LogP) is 4.62. The van der Waals surface area contributed by atoms with Crippen LogP contribution in [-0.2, 0) is 4.43 Å². The number of allylic oxidation sites excluding steroid dienone is 1. The third kappa shape index (κ3) is 5.76. The third-order valence-electron chi connectivity index (χ3n) is 1.82. The van der Waals surface area contributed by atoms with Crippen LogP contribution >= 0.6 is 11.8 Å². The quantitative estimate of drug-likeness (QED) is 0.488. The van der Waals surface area contributed by atoms with E-state index in [1.807, 2.05) is 11.8 Å². The Morgan fingerprint density at radius 3 is 1.86 bits per heavy atom. The molecule has 0 aliphatic heterocycles. The van der Waals surface area contributed by atoms with Crippen molar-refractivity contribution in [3.8, 4) is 0 Å². The molecule has 0 amide bonds. The van der Waals surface area contributed by atoms with Gasteiger partial charge in [0, 0.05) is 0 Å². The zero-order chi connectivity index (χ0) is 11.2. The van der Waals surface area contributed by atoms with Crippen molar-refractivity contribution in [2.75, 3.05) is 5.75 Å². The molecule has 0 rings (SSSR count). The fraction of sp³-hybridized carbons (Fsp3) is 0.818. The molecule has 0 saturated carbocycles. The first-order chi connectivity index (χ1) is 6.44. The number of hydrogen-bond acceptors (Lipinski definition) is 2. The third-order valence-corrected chi connectivity index (χ3v) is 3.70. The molecular formula is C11H24OSSi. The lowest BCUT2D eigenvalue weighted by atomic mass is 10.2. The molecule has 0 heterocycles. The second-order valence-electron chi connectivity index (χ2n) is 4.25. The molecule has 0 unspecified atom stereocenters. The van der Waals surface area contributed by atoms with Crippen LogP contribution in [0.25, 0.3) is 0 Å². The van der Waals surface area contributed by atoms with Gasteiger partial charge in [0.2, 0.25) is 8.32 Å². The summed E-state index contributed by atoms with van der Waals surface area (Å²) in [6, 6.07) is 0. The Morgan fingerprint density at radius 1 is 1.07 bits per heavy atom. The summed E-state index contributed by atoms with van der Waals surface area (Å²) in [5.41, 5.74) is 1.47. The van der Waals surface area contributed by atoms with E-state index in [9.17, 15) is 0 Å². The standard InChI is InChI=1S/C11H24OSSi/c1-7-10(8-2)11(13-9-3)12-14(4,5)6/h7-9H2,1-6H3. The van der Waals surface area contributed by atoms with Crippen molar-refractivity contribution in [3.63, 3.8) is 0 Å². The summed E-state index contributed by atoms with van der Waals surface area (Å²) in [4.78, 5) is 0. The van der Waals surface area contributed by atoms with Gasteiger partial charge in [0.05, 0.1) is 0 Å². The zero-order valence-corrected chi connectivity index (χ0v) is 12.3. The van der Waals surface area contributed by atoms with E-state index in [1.165, 1.54) is 10.7 Å². The first-order valence-corrected chi connectivity index (χ1v) is 9.87. The molecule has 0 bridgehead atoms. The molecular weight excluding hydrogens is 208 g/mol. The largest absolute Gasteiger partial charge is 0.540 e. The van der Waals surface area contributed by atoms with Gasteiger partial charge in [-0.1, -0.05) is 32.5 Å². The Labute approximate surface area is 94.4 Å². The minimum absolute atomic E-state index is 1.10. The number of hydrogen-bond donors (Lipinski definition) is 0. The van der Waals surface area contributed by atoms with Crippen LogP contribution in [0, 0.1) is 0 Å². The lowest BCUT2D eigenvalue weighted by molar-refractivity contribution is 0.453. The van der Waals surface area contributed by atoms with E-state index in [2.05, 4.69) is 40.4 Å². The highest BCUT2D eigenvalue weighted by molar-refractivity contribution is 8.02. The Balaban J connectivity index is 4.64. The van der Waals surface area contributed by atoms with Crippen LogP contribution in [0.3, 0.4) is 0 Å². The second-order valence-corrected chi connectivity index (χ2v) is 9.91. The molecule has 0 saturated heterocycles. The van der Waals surface area contributed by atoms with Gasteiger partial charge in [-0.15, -0.1) is 0 Å². The van der Waals surface area contributed by atoms with Crippen LogP contribution in [0.4, 0.5) is 0 Å². The number of rotatable bonds is 6. The lowest BCUT2D eigenvalue weighted by Crippen LogP contribution is -2.24. The molecule has 0 aliphatic carbocycles. The molecule has 0 aromatic rings. The zero-order valence-electron chi connectivity index (χ0n) is 10.4. The van der Waals surface area contributed by atoms with Crippen molar-refractivity contribution in [1.29, 1.82) is 0 Å². The van der Waals surface area contributed by atoms with Crippen molar-refractivity contribution in [3.05, 3.63) is 10.7 Å². The molecule has 0 aromatic heterocycles. The van der Waals surface area contributed by atoms with E-state index < -0.39 is 8.32 Å². The fourth-order valence-corrected chi connectivity index (χ4v) is 3.59. The maximum atomic E-state index is 6.10. The monoisotopic (exact) mass is 232 g/mol. The van der Waals surface area contributed by atoms with E-state index >= 15 is 0 Å². The fourth-order valence-electron chi connectivity index (χ4n) is 1.15. The maximum Gasteiger partial charge on any atom is 0.242 e. The molecule has 0 aliphatic rings. The minimum atomic E-state index is -1.43. The van der Waals surface area contributed by atoms with Gasteiger partial charge in [0.1, 0.15) is 5.09 Å². The normalized spacial score (nSPS) is 11.3. The van der Waals surface area contributed by atoms with Gasteiger partial charge in [-0.2, -0.15) is 0 Å². The molecule has 0 atom stereocenters. The summed E-state index contributed by atoms with van der Waals surface area (Å²) in [6.45, 7) is 13.3. The van der Waals surface area contributed by atoms with Crippen LogP contribution in [-0.4, -0.2) is 14.1 Å². The highest BCUT2D eigenvalue weighted by Gasteiger charge is 2.19. The number of thioether (sulfide) groups is 1. The maximum absolute atomic E-state index is 6.10. The molecule has 0 fully saturated rings. The molecule has 0 spiro atoms. The van der Waals surface area contributed by atoms with Gasteiger partial charge in [-0.25, -0.2) is 0 Å². The van der Waals surface area contributed by atoms with Crippen molar-refractivity contribution in [2.24, 2.45) is 0 Å². The topological polar surface area (TPSA) is 9.23 Å². The van der Waals surface area contributed by atoms with Crippen molar-refractivity contribution in [1.82, 2.24) is 0 Å². The Hall–Kier alpha value is 0.107. The van der Waals surface area contributed by atoms with Gasteiger partial charge < -0.3 is 4.43 Å². The molecule has 0 radical (unpaired) electrons. The first kappa shape index (κ1) is 14.1. The van der Waals surface area contributed by atoms with E-state index in [0.717, 1.165) is 18.6 Å². The van der Waals surface area contributed by atoms with Crippen LogP contribution in [0.15, 0.2) is 10.7 Å². The average Bonchev–Trinajstić information content (AvgIpc) is 2.04. The highest BCUT2D eigenvalue weighted by atomic mass is 32.2. The summed E-state index contributed by atoms with van der Waals surface area (Å²) < 4.78 is 6.10. The van der Waals surface area contributed by atoms with Gasteiger partial charge >= 0.3 is 0 Å². The molecule has 0 aromatic carbocycles. The summed E-state index contributed by atoms with van der Waals surface area (Å²) in [7, 11) is -1.43. The molecule has 3 heteroatoms. The Morgan fingerprint density at radius 2 is 1.57 bits per heavy atom. The molecule has 84 valence electrons. The average molecular weight is 232 g/mol. The summed E-state index contributed by atoms with van der Waals surface area (Å²) in [6.07, 6.45) is 2.23. The van der Waals surface area contributed by atoms with E-state index in [0.29, 0.717) is 0 Å². The Kier molecular flexibility index (Phi) is 6.61. The first-order valence-electron chi connectivity index (χ1n) is 5.48. The van der Waals surface area contributed by atoms with Gasteiger partial charge in [0.15, 0.2) is 0 Å². The van der Waals surface area contributed by atoms with Crippen molar-refractivity contribution < 1.29 is 4.43 Å².